The summed E-state index contributed by atoms with van der Waals surface area (Å²) in [5.41, 5.74) is 7.98. The third kappa shape index (κ3) is 4.37. The maximum absolute atomic E-state index is 11.1. The van der Waals surface area contributed by atoms with E-state index in [-0.39, 0.29) is 36.8 Å². The highest BCUT2D eigenvalue weighted by Gasteiger charge is 2.28. The van der Waals surface area contributed by atoms with Crippen molar-refractivity contribution in [3.05, 3.63) is 35.4 Å². The van der Waals surface area contributed by atoms with Gasteiger partial charge in [-0.3, -0.25) is 4.79 Å². The Kier molecular flexibility index (Phi) is 7.42. The Morgan fingerprint density at radius 3 is 2.58 bits per heavy atom. The van der Waals surface area contributed by atoms with E-state index < -0.39 is 0 Å². The molecule has 3 nitrogen and oxygen atoms in total. The molecule has 1 heterocycles. The highest BCUT2D eigenvalue weighted by atomic mass is 35.5. The molecule has 1 aromatic rings. The van der Waals surface area contributed by atoms with Crippen molar-refractivity contribution in [1.29, 1.82) is 0 Å². The molecular weight excluding hydrogens is 283 g/mol. The fourth-order valence-corrected chi connectivity index (χ4v) is 2.38. The molecule has 1 amide bonds. The number of primary amides is 1. The Hall–Kier alpha value is -0.770. The Morgan fingerprint density at radius 1 is 1.37 bits per heavy atom. The van der Waals surface area contributed by atoms with Crippen LogP contribution in [0.1, 0.15) is 43.2 Å². The van der Waals surface area contributed by atoms with Crippen LogP contribution in [0.4, 0.5) is 0 Å². The van der Waals surface area contributed by atoms with Crippen molar-refractivity contribution in [2.75, 3.05) is 6.54 Å². The molecule has 0 radical (unpaired) electrons. The molecule has 108 valence electrons. The van der Waals surface area contributed by atoms with Crippen molar-refractivity contribution in [3.63, 3.8) is 0 Å². The van der Waals surface area contributed by atoms with Gasteiger partial charge >= 0.3 is 0 Å². The molecule has 2 rings (SSSR count). The summed E-state index contributed by atoms with van der Waals surface area (Å²) in [6.07, 6.45) is 0.816. The molecule has 0 spiro atoms. The van der Waals surface area contributed by atoms with E-state index in [1.807, 2.05) is 0 Å². The molecular formula is C14H22Cl2N2O. The van der Waals surface area contributed by atoms with E-state index in [4.69, 9.17) is 5.73 Å². The summed E-state index contributed by atoms with van der Waals surface area (Å²) >= 11 is 0. The van der Waals surface area contributed by atoms with Gasteiger partial charge in [-0.2, -0.15) is 0 Å². The summed E-state index contributed by atoms with van der Waals surface area (Å²) in [5, 5.41) is 3.18. The summed E-state index contributed by atoms with van der Waals surface area (Å²) < 4.78 is 0. The molecule has 1 aromatic carbocycles. The molecule has 2 unspecified atom stereocenters. The van der Waals surface area contributed by atoms with Crippen LogP contribution in [0.5, 0.6) is 0 Å². The lowest BCUT2D eigenvalue weighted by Gasteiger charge is -2.12. The van der Waals surface area contributed by atoms with Gasteiger partial charge in [-0.1, -0.05) is 38.1 Å². The van der Waals surface area contributed by atoms with Crippen molar-refractivity contribution in [3.8, 4) is 0 Å². The first-order valence-corrected chi connectivity index (χ1v) is 6.20. The van der Waals surface area contributed by atoms with Gasteiger partial charge in [0.15, 0.2) is 0 Å². The minimum absolute atomic E-state index is 0. The summed E-state index contributed by atoms with van der Waals surface area (Å²) in [5.74, 6) is 0.704. The number of hydrogen-bond acceptors (Lipinski definition) is 2. The number of nitrogens with two attached hydrogens (primary N) is 1. The molecule has 1 aliphatic rings. The van der Waals surface area contributed by atoms with E-state index in [0.717, 1.165) is 13.0 Å². The number of rotatable bonds is 3. The van der Waals surface area contributed by atoms with E-state index >= 15 is 0 Å². The van der Waals surface area contributed by atoms with Crippen molar-refractivity contribution < 1.29 is 4.79 Å². The molecule has 0 aromatic heterocycles. The zero-order chi connectivity index (χ0) is 12.4. The third-order valence-electron chi connectivity index (χ3n) is 3.52. The maximum Gasteiger partial charge on any atom is 0.234 e. The molecule has 0 saturated carbocycles. The van der Waals surface area contributed by atoms with Crippen LogP contribution in [0.3, 0.4) is 0 Å². The van der Waals surface area contributed by atoms with Crippen molar-refractivity contribution in [2.45, 2.75) is 38.1 Å². The lowest BCUT2D eigenvalue weighted by atomic mass is 9.92. The van der Waals surface area contributed by atoms with E-state index in [2.05, 4.69) is 43.4 Å². The lowest BCUT2D eigenvalue weighted by molar-refractivity contribution is -0.119. The fourth-order valence-electron chi connectivity index (χ4n) is 2.38. The van der Waals surface area contributed by atoms with Gasteiger partial charge in [0.25, 0.3) is 0 Å². The second-order valence-electron chi connectivity index (χ2n) is 5.12. The molecule has 1 aliphatic heterocycles. The van der Waals surface area contributed by atoms with Crippen LogP contribution in [0.15, 0.2) is 24.3 Å². The number of halogens is 2. The topological polar surface area (TPSA) is 55.1 Å². The zero-order valence-electron chi connectivity index (χ0n) is 11.3. The SMILES string of the molecule is CC(C)c1cccc(C2CNC(C(N)=O)C2)c1.Cl.Cl. The van der Waals surface area contributed by atoms with Gasteiger partial charge in [-0.25, -0.2) is 0 Å². The maximum atomic E-state index is 11.1. The average Bonchev–Trinajstić information content (AvgIpc) is 2.78. The number of carbonyl (C=O) groups excluding carboxylic acids is 1. The molecule has 3 N–H and O–H groups in total. The molecule has 1 fully saturated rings. The third-order valence-corrected chi connectivity index (χ3v) is 3.52. The molecule has 0 aliphatic carbocycles. The lowest BCUT2D eigenvalue weighted by Crippen LogP contribution is -2.36. The van der Waals surface area contributed by atoms with Crippen LogP contribution in [0, 0.1) is 0 Å². The van der Waals surface area contributed by atoms with Crippen LogP contribution >= 0.6 is 24.8 Å². The minimum atomic E-state index is -0.243. The smallest absolute Gasteiger partial charge is 0.234 e. The number of hydrogen-bond donors (Lipinski definition) is 2. The zero-order valence-corrected chi connectivity index (χ0v) is 12.9. The van der Waals surface area contributed by atoms with Crippen LogP contribution < -0.4 is 11.1 Å². The second-order valence-corrected chi connectivity index (χ2v) is 5.12. The molecule has 2 atom stereocenters. The normalized spacial score (nSPS) is 21.6. The number of nitrogens with one attached hydrogen (secondary N) is 1. The number of amides is 1. The van der Waals surface area contributed by atoms with Gasteiger partial charge in [0, 0.05) is 6.54 Å². The van der Waals surface area contributed by atoms with E-state index in [1.54, 1.807) is 0 Å². The van der Waals surface area contributed by atoms with Crippen molar-refractivity contribution in [2.24, 2.45) is 5.73 Å². The summed E-state index contributed by atoms with van der Waals surface area (Å²) in [7, 11) is 0. The van der Waals surface area contributed by atoms with E-state index in [9.17, 15) is 4.79 Å². The Balaban J connectivity index is 0.00000162. The first-order chi connectivity index (χ1) is 8.08. The van der Waals surface area contributed by atoms with Gasteiger partial charge in [-0.15, -0.1) is 24.8 Å². The number of carbonyl (C=O) groups is 1. The summed E-state index contributed by atoms with van der Waals surface area (Å²) in [6.45, 7) is 5.23. The van der Waals surface area contributed by atoms with Crippen LogP contribution in [-0.2, 0) is 4.79 Å². The Morgan fingerprint density at radius 2 is 2.05 bits per heavy atom. The predicted molar refractivity (Wildman–Crippen MR) is 83.4 cm³/mol. The highest BCUT2D eigenvalue weighted by molar-refractivity contribution is 5.85. The molecule has 5 heteroatoms. The number of benzene rings is 1. The van der Waals surface area contributed by atoms with Gasteiger partial charge in [0.2, 0.25) is 5.91 Å². The average molecular weight is 305 g/mol. The van der Waals surface area contributed by atoms with Gasteiger partial charge < -0.3 is 11.1 Å². The highest BCUT2D eigenvalue weighted by Crippen LogP contribution is 2.27. The Labute approximate surface area is 127 Å². The molecule has 19 heavy (non-hydrogen) atoms. The second kappa shape index (κ2) is 7.73. The van der Waals surface area contributed by atoms with Gasteiger partial charge in [0.05, 0.1) is 6.04 Å². The monoisotopic (exact) mass is 304 g/mol. The largest absolute Gasteiger partial charge is 0.368 e. The van der Waals surface area contributed by atoms with Gasteiger partial charge in [-0.05, 0) is 29.4 Å². The molecule has 0 bridgehead atoms. The first kappa shape index (κ1) is 18.2. The Bertz CT molecular complexity index is 424. The van der Waals surface area contributed by atoms with Gasteiger partial charge in [0.1, 0.15) is 0 Å². The standard InChI is InChI=1S/C14H20N2O.2ClH/c1-9(2)10-4-3-5-11(6-10)12-7-13(14(15)17)16-8-12;;/h3-6,9,12-13,16H,7-8H2,1-2H3,(H2,15,17);2*1H. The van der Waals surface area contributed by atoms with Crippen LogP contribution in [0.25, 0.3) is 0 Å². The first-order valence-electron chi connectivity index (χ1n) is 6.20. The van der Waals surface area contributed by atoms with Crippen LogP contribution in [-0.4, -0.2) is 18.5 Å². The predicted octanol–water partition coefficient (Wildman–Crippen LogP) is 2.58. The van der Waals surface area contributed by atoms with E-state index in [0.29, 0.717) is 11.8 Å². The molecule has 1 saturated heterocycles. The fraction of sp³-hybridized carbons (Fsp3) is 0.500. The van der Waals surface area contributed by atoms with Crippen molar-refractivity contribution >= 4 is 30.7 Å². The van der Waals surface area contributed by atoms with E-state index in [1.165, 1.54) is 11.1 Å². The minimum Gasteiger partial charge on any atom is -0.368 e. The quantitative estimate of drug-likeness (QED) is 0.902. The van der Waals surface area contributed by atoms with Crippen LogP contribution in [0.2, 0.25) is 0 Å². The van der Waals surface area contributed by atoms with Crippen molar-refractivity contribution in [1.82, 2.24) is 5.32 Å². The summed E-state index contributed by atoms with van der Waals surface area (Å²) in [4.78, 5) is 11.1. The summed E-state index contributed by atoms with van der Waals surface area (Å²) in [6, 6.07) is 8.48.